The fraction of sp³-hybridized carbons (Fsp3) is 0.538. The Bertz CT molecular complexity index is 173. The molecular formula is C13H24F2. The van der Waals surface area contributed by atoms with Gasteiger partial charge in [-0.25, -0.2) is 4.39 Å². The topological polar surface area (TPSA) is 0 Å². The van der Waals surface area contributed by atoms with Gasteiger partial charge in [0.15, 0.2) is 0 Å². The van der Waals surface area contributed by atoms with E-state index in [1.807, 2.05) is 13.8 Å². The van der Waals surface area contributed by atoms with E-state index in [4.69, 9.17) is 0 Å². The molecule has 0 atom stereocenters. The van der Waals surface area contributed by atoms with Gasteiger partial charge in [-0.3, -0.25) is 4.39 Å². The summed E-state index contributed by atoms with van der Waals surface area (Å²) in [7, 11) is 0.500. The zero-order valence-corrected chi connectivity index (χ0v) is 10.6. The van der Waals surface area contributed by atoms with Crippen LogP contribution in [0, 0.1) is 0 Å². The molecule has 0 nitrogen and oxygen atoms in total. The van der Waals surface area contributed by atoms with Gasteiger partial charge in [0.25, 0.3) is 0 Å². The van der Waals surface area contributed by atoms with Crippen LogP contribution in [0.2, 0.25) is 0 Å². The number of hydrogen-bond donors (Lipinski definition) is 0. The van der Waals surface area contributed by atoms with Crippen LogP contribution in [0.3, 0.4) is 0 Å². The Hall–Kier alpha value is -0.920. The van der Waals surface area contributed by atoms with Gasteiger partial charge in [-0.05, 0) is 26.0 Å². The van der Waals surface area contributed by atoms with Gasteiger partial charge in [0, 0.05) is 0 Å². The monoisotopic (exact) mass is 218 g/mol. The van der Waals surface area contributed by atoms with E-state index >= 15 is 0 Å². The Balaban J connectivity index is -0.000000202. The van der Waals surface area contributed by atoms with E-state index in [9.17, 15) is 8.78 Å². The van der Waals surface area contributed by atoms with Crippen molar-refractivity contribution in [3.05, 3.63) is 36.2 Å². The molecule has 0 aliphatic heterocycles. The molecule has 0 aliphatic carbocycles. The number of hydrogen-bond acceptors (Lipinski definition) is 0. The third-order valence-corrected chi connectivity index (χ3v) is 1.27. The van der Waals surface area contributed by atoms with Crippen molar-refractivity contribution in [1.29, 1.82) is 0 Å². The Kier molecular flexibility index (Phi) is 24.6. The molecule has 0 aromatic heterocycles. The first-order valence-electron chi connectivity index (χ1n) is 5.09. The number of allylic oxidation sites excluding steroid dienone is 5. The van der Waals surface area contributed by atoms with Crippen molar-refractivity contribution in [1.82, 2.24) is 0 Å². The molecular weight excluding hydrogens is 194 g/mol. The highest BCUT2D eigenvalue weighted by atomic mass is 19.1. The van der Waals surface area contributed by atoms with Gasteiger partial charge < -0.3 is 0 Å². The summed E-state index contributed by atoms with van der Waals surface area (Å²) in [5.74, 6) is -0.295. The van der Waals surface area contributed by atoms with E-state index in [-0.39, 0.29) is 5.83 Å². The molecule has 0 saturated carbocycles. The van der Waals surface area contributed by atoms with Gasteiger partial charge in [-0.2, -0.15) is 0 Å². The lowest BCUT2D eigenvalue weighted by Crippen LogP contribution is -1.63. The minimum absolute atomic E-state index is 0.295. The molecule has 0 saturated heterocycles. The molecule has 0 fully saturated rings. The van der Waals surface area contributed by atoms with E-state index < -0.39 is 0 Å². The van der Waals surface area contributed by atoms with E-state index in [0.717, 1.165) is 5.57 Å². The van der Waals surface area contributed by atoms with E-state index in [2.05, 4.69) is 20.4 Å². The van der Waals surface area contributed by atoms with Gasteiger partial charge in [-0.1, -0.05) is 44.9 Å². The lowest BCUT2D eigenvalue weighted by atomic mass is 10.3. The lowest BCUT2D eigenvalue weighted by Gasteiger charge is -1.82. The summed E-state index contributed by atoms with van der Waals surface area (Å²) < 4.78 is 21.7. The van der Waals surface area contributed by atoms with Gasteiger partial charge in [0.05, 0.1) is 7.18 Å². The highest BCUT2D eigenvalue weighted by Gasteiger charge is 1.79. The third kappa shape index (κ3) is 32.0. The standard InChI is InChI=1S/C8H11F.C4H10.CH3F/c1-4-8(9)6-5-7(2)3;1-3-4-2;1-2/h4-6H,1H2,2-3H3;3-4H2,1-2H3;1H3/b8-6+;;. The molecule has 90 valence electrons. The first-order chi connectivity index (χ1) is 7.08. The maximum atomic E-state index is 12.2. The molecule has 0 unspecified atom stereocenters. The summed E-state index contributed by atoms with van der Waals surface area (Å²) >= 11 is 0. The second-order valence-corrected chi connectivity index (χ2v) is 3.00. The van der Waals surface area contributed by atoms with E-state index in [1.165, 1.54) is 25.0 Å². The molecule has 0 heterocycles. The van der Waals surface area contributed by atoms with Crippen LogP contribution in [0.15, 0.2) is 36.2 Å². The summed E-state index contributed by atoms with van der Waals surface area (Å²) in [6.07, 6.45) is 6.92. The fourth-order valence-corrected chi connectivity index (χ4v) is 0.314. The largest absolute Gasteiger partial charge is 0.255 e. The Morgan fingerprint density at radius 3 is 1.67 bits per heavy atom. The van der Waals surface area contributed by atoms with Crippen LogP contribution in [0.25, 0.3) is 0 Å². The summed E-state index contributed by atoms with van der Waals surface area (Å²) in [6.45, 7) is 11.4. The van der Waals surface area contributed by atoms with Gasteiger partial charge in [0.1, 0.15) is 5.83 Å². The summed E-state index contributed by atoms with van der Waals surface area (Å²) in [5.41, 5.74) is 1.08. The number of halogens is 2. The molecule has 0 N–H and O–H groups in total. The van der Waals surface area contributed by atoms with Crippen LogP contribution < -0.4 is 0 Å². The molecule has 0 rings (SSSR count). The van der Waals surface area contributed by atoms with E-state index in [0.29, 0.717) is 7.18 Å². The number of unbranched alkanes of at least 4 members (excludes halogenated alkanes) is 1. The van der Waals surface area contributed by atoms with Crippen LogP contribution >= 0.6 is 0 Å². The van der Waals surface area contributed by atoms with Crippen LogP contribution in [-0.4, -0.2) is 7.18 Å². The zero-order chi connectivity index (χ0) is 12.7. The van der Waals surface area contributed by atoms with Gasteiger partial charge in [-0.15, -0.1) is 0 Å². The minimum Gasteiger partial charge on any atom is -0.255 e. The van der Waals surface area contributed by atoms with Crippen LogP contribution in [-0.2, 0) is 0 Å². The fourth-order valence-electron chi connectivity index (χ4n) is 0.314. The van der Waals surface area contributed by atoms with Crippen LogP contribution in [0.1, 0.15) is 40.5 Å². The second-order valence-electron chi connectivity index (χ2n) is 3.00. The van der Waals surface area contributed by atoms with Crippen molar-refractivity contribution in [3.8, 4) is 0 Å². The minimum atomic E-state index is -0.295. The van der Waals surface area contributed by atoms with Crippen molar-refractivity contribution in [2.75, 3.05) is 7.18 Å². The molecule has 0 amide bonds. The Morgan fingerprint density at radius 1 is 1.07 bits per heavy atom. The predicted molar refractivity (Wildman–Crippen MR) is 66.4 cm³/mol. The lowest BCUT2D eigenvalue weighted by molar-refractivity contribution is 0.636. The predicted octanol–water partition coefficient (Wildman–Crippen LogP) is 5.38. The molecule has 15 heavy (non-hydrogen) atoms. The molecule has 0 aromatic rings. The molecule has 0 aliphatic rings. The summed E-state index contributed by atoms with van der Waals surface area (Å²) in [5, 5.41) is 0. The third-order valence-electron chi connectivity index (χ3n) is 1.27. The molecule has 0 radical (unpaired) electrons. The average molecular weight is 218 g/mol. The van der Waals surface area contributed by atoms with Crippen LogP contribution in [0.4, 0.5) is 8.78 Å². The average Bonchev–Trinajstić information content (AvgIpc) is 2.28. The first-order valence-corrected chi connectivity index (χ1v) is 5.09. The number of alkyl halides is 1. The smallest absolute Gasteiger partial charge is 0.122 e. The molecule has 0 spiro atoms. The van der Waals surface area contributed by atoms with Crippen molar-refractivity contribution in [3.63, 3.8) is 0 Å². The quantitative estimate of drug-likeness (QED) is 0.557. The van der Waals surface area contributed by atoms with Gasteiger partial charge in [0.2, 0.25) is 0 Å². The first kappa shape index (κ1) is 19.6. The van der Waals surface area contributed by atoms with Crippen LogP contribution in [0.5, 0.6) is 0 Å². The molecule has 0 bridgehead atoms. The summed E-state index contributed by atoms with van der Waals surface area (Å²) in [6, 6.07) is 0. The normalized spacial score (nSPS) is 8.87. The van der Waals surface area contributed by atoms with Crippen molar-refractivity contribution >= 4 is 0 Å². The van der Waals surface area contributed by atoms with Gasteiger partial charge >= 0.3 is 0 Å². The highest BCUT2D eigenvalue weighted by molar-refractivity contribution is 5.17. The zero-order valence-electron chi connectivity index (χ0n) is 10.6. The Morgan fingerprint density at radius 2 is 1.47 bits per heavy atom. The number of rotatable bonds is 3. The van der Waals surface area contributed by atoms with Crippen molar-refractivity contribution in [2.24, 2.45) is 0 Å². The Labute approximate surface area is 93.4 Å². The van der Waals surface area contributed by atoms with Crippen molar-refractivity contribution < 1.29 is 8.78 Å². The maximum Gasteiger partial charge on any atom is 0.122 e. The SMILES string of the molecule is C=C/C(F)=C\C=C(C)C.CCCC.CF. The molecule has 0 aromatic carbocycles. The maximum absolute atomic E-state index is 12.2. The highest BCUT2D eigenvalue weighted by Crippen LogP contribution is 1.98. The molecule has 2 heteroatoms. The van der Waals surface area contributed by atoms with E-state index in [1.54, 1.807) is 6.08 Å². The second kappa shape index (κ2) is 18.8. The summed E-state index contributed by atoms with van der Waals surface area (Å²) in [4.78, 5) is 0. The van der Waals surface area contributed by atoms with Crippen molar-refractivity contribution in [2.45, 2.75) is 40.5 Å².